The van der Waals surface area contributed by atoms with Gasteiger partial charge in [0.05, 0.1) is 5.69 Å². The Bertz CT molecular complexity index is 1130. The minimum atomic E-state index is -0.456. The second-order valence-electron chi connectivity index (χ2n) is 6.57. The molecule has 5 nitrogen and oxygen atoms in total. The molecule has 0 unspecified atom stereocenters. The van der Waals surface area contributed by atoms with Crippen molar-refractivity contribution in [3.05, 3.63) is 98.4 Å². The fourth-order valence-corrected chi connectivity index (χ4v) is 3.62. The average Bonchev–Trinajstić information content (AvgIpc) is 3.03. The molecule has 30 heavy (non-hydrogen) atoms. The summed E-state index contributed by atoms with van der Waals surface area (Å²) in [5.74, 6) is -0.292. The summed E-state index contributed by atoms with van der Waals surface area (Å²) in [6.45, 7) is 0.362. The van der Waals surface area contributed by atoms with Crippen LogP contribution in [0.2, 0.25) is 0 Å². The molecule has 3 aromatic rings. The van der Waals surface area contributed by atoms with E-state index in [0.717, 1.165) is 14.5 Å². The number of hydrazine groups is 1. The Kier molecular flexibility index (Phi) is 6.01. The van der Waals surface area contributed by atoms with E-state index in [-0.39, 0.29) is 5.57 Å². The number of hydrogen-bond donors (Lipinski definition) is 1. The van der Waals surface area contributed by atoms with Gasteiger partial charge in [-0.3, -0.25) is 15.0 Å². The zero-order chi connectivity index (χ0) is 21.1. The van der Waals surface area contributed by atoms with Crippen LogP contribution in [-0.4, -0.2) is 11.8 Å². The smallest absolute Gasteiger partial charge is 0.282 e. The molecule has 0 bridgehead atoms. The van der Waals surface area contributed by atoms with Gasteiger partial charge in [-0.1, -0.05) is 62.2 Å². The molecule has 3 aromatic carbocycles. The lowest BCUT2D eigenvalue weighted by molar-refractivity contribution is -0.117. The SMILES string of the molecule is O=C1NN(c2ccccc2)C(=O)/C1=C\c1cc(Br)ccc1OCc1ccc(Br)cc1. The van der Waals surface area contributed by atoms with Gasteiger partial charge in [0, 0.05) is 14.5 Å². The van der Waals surface area contributed by atoms with Crippen molar-refractivity contribution in [2.45, 2.75) is 6.61 Å². The van der Waals surface area contributed by atoms with Crippen molar-refractivity contribution in [3.63, 3.8) is 0 Å². The number of carbonyl (C=O) groups is 2. The summed E-state index contributed by atoms with van der Waals surface area (Å²) in [6.07, 6.45) is 1.56. The van der Waals surface area contributed by atoms with E-state index >= 15 is 0 Å². The average molecular weight is 528 g/mol. The second-order valence-corrected chi connectivity index (χ2v) is 8.40. The van der Waals surface area contributed by atoms with Crippen LogP contribution in [0.25, 0.3) is 6.08 Å². The highest BCUT2D eigenvalue weighted by Gasteiger charge is 2.34. The van der Waals surface area contributed by atoms with E-state index in [4.69, 9.17) is 4.74 Å². The minimum absolute atomic E-state index is 0.0467. The van der Waals surface area contributed by atoms with Crippen molar-refractivity contribution < 1.29 is 14.3 Å². The summed E-state index contributed by atoms with van der Waals surface area (Å²) >= 11 is 6.86. The predicted molar refractivity (Wildman–Crippen MR) is 123 cm³/mol. The zero-order valence-corrected chi connectivity index (χ0v) is 18.8. The standard InChI is InChI=1S/C23H16Br2N2O3/c24-17-8-6-15(7-9-17)14-30-21-11-10-18(25)12-16(21)13-20-22(28)26-27(23(20)29)19-4-2-1-3-5-19/h1-13H,14H2,(H,26,28)/b20-13-. The van der Waals surface area contributed by atoms with E-state index in [1.165, 1.54) is 5.01 Å². The van der Waals surface area contributed by atoms with E-state index in [2.05, 4.69) is 37.3 Å². The largest absolute Gasteiger partial charge is 0.488 e. The number of hydrogen-bond acceptors (Lipinski definition) is 3. The minimum Gasteiger partial charge on any atom is -0.488 e. The van der Waals surface area contributed by atoms with Crippen molar-refractivity contribution in [1.82, 2.24) is 5.43 Å². The number of para-hydroxylation sites is 1. The molecule has 150 valence electrons. The Hall–Kier alpha value is -2.90. The normalized spacial score (nSPS) is 14.9. The molecule has 1 fully saturated rings. The van der Waals surface area contributed by atoms with Gasteiger partial charge in [0.25, 0.3) is 11.8 Å². The van der Waals surface area contributed by atoms with Crippen molar-refractivity contribution in [1.29, 1.82) is 0 Å². The van der Waals surface area contributed by atoms with Crippen molar-refractivity contribution in [2.75, 3.05) is 5.01 Å². The lowest BCUT2D eigenvalue weighted by atomic mass is 10.1. The Morgan fingerprint density at radius 1 is 0.900 bits per heavy atom. The molecule has 0 saturated carbocycles. The van der Waals surface area contributed by atoms with Crippen molar-refractivity contribution in [3.8, 4) is 5.75 Å². The predicted octanol–water partition coefficient (Wildman–Crippen LogP) is 5.25. The third-order valence-electron chi connectivity index (χ3n) is 4.49. The summed E-state index contributed by atoms with van der Waals surface area (Å²) in [6, 6.07) is 22.3. The Labute approximate surface area is 190 Å². The van der Waals surface area contributed by atoms with Gasteiger partial charge >= 0.3 is 0 Å². The molecule has 0 spiro atoms. The molecule has 0 aromatic heterocycles. The molecule has 1 aliphatic rings. The van der Waals surface area contributed by atoms with Crippen molar-refractivity contribution in [2.24, 2.45) is 0 Å². The molecule has 1 N–H and O–H groups in total. The molecular formula is C23H16Br2N2O3. The summed E-state index contributed by atoms with van der Waals surface area (Å²) in [5, 5.41) is 1.24. The van der Waals surface area contributed by atoms with Crippen LogP contribution in [0.4, 0.5) is 5.69 Å². The van der Waals surface area contributed by atoms with Crippen molar-refractivity contribution >= 4 is 55.4 Å². The monoisotopic (exact) mass is 526 g/mol. The maximum Gasteiger partial charge on any atom is 0.282 e. The number of carbonyl (C=O) groups excluding carboxylic acids is 2. The maximum atomic E-state index is 12.8. The Morgan fingerprint density at radius 2 is 1.60 bits per heavy atom. The van der Waals surface area contributed by atoms with E-state index < -0.39 is 11.8 Å². The number of anilines is 1. The van der Waals surface area contributed by atoms with Crippen LogP contribution in [0.3, 0.4) is 0 Å². The number of benzene rings is 3. The number of halogens is 2. The van der Waals surface area contributed by atoms with Gasteiger partial charge < -0.3 is 4.74 Å². The van der Waals surface area contributed by atoms with Crippen LogP contribution in [0.1, 0.15) is 11.1 Å². The van der Waals surface area contributed by atoms with Crippen LogP contribution < -0.4 is 15.2 Å². The first-order valence-electron chi connectivity index (χ1n) is 9.10. The Balaban J connectivity index is 1.61. The van der Waals surface area contributed by atoms with E-state index in [0.29, 0.717) is 23.6 Å². The fourth-order valence-electron chi connectivity index (χ4n) is 2.98. The molecule has 4 rings (SSSR count). The molecule has 1 aliphatic heterocycles. The molecule has 0 atom stereocenters. The summed E-state index contributed by atoms with van der Waals surface area (Å²) in [4.78, 5) is 25.3. The third kappa shape index (κ3) is 4.47. The van der Waals surface area contributed by atoms with Crippen LogP contribution in [0, 0.1) is 0 Å². The number of nitrogens with one attached hydrogen (secondary N) is 1. The number of rotatable bonds is 5. The van der Waals surface area contributed by atoms with Gasteiger partial charge in [0.15, 0.2) is 0 Å². The van der Waals surface area contributed by atoms with Gasteiger partial charge in [-0.2, -0.15) is 0 Å². The molecule has 0 aliphatic carbocycles. The number of amides is 2. The fraction of sp³-hybridized carbons (Fsp3) is 0.0435. The third-order valence-corrected chi connectivity index (χ3v) is 5.51. The highest BCUT2D eigenvalue weighted by Crippen LogP contribution is 2.29. The Morgan fingerprint density at radius 3 is 2.33 bits per heavy atom. The number of ether oxygens (including phenoxy) is 1. The van der Waals surface area contributed by atoms with Gasteiger partial charge in [-0.25, -0.2) is 5.01 Å². The molecular weight excluding hydrogens is 512 g/mol. The lowest BCUT2D eigenvalue weighted by Gasteiger charge is -2.14. The first-order chi connectivity index (χ1) is 14.5. The van der Waals surface area contributed by atoms with Gasteiger partial charge in [-0.05, 0) is 54.1 Å². The van der Waals surface area contributed by atoms with Gasteiger partial charge in [0.1, 0.15) is 17.9 Å². The molecule has 1 heterocycles. The number of nitrogens with zero attached hydrogens (tertiary/aromatic N) is 1. The first-order valence-corrected chi connectivity index (χ1v) is 10.7. The van der Waals surface area contributed by atoms with E-state index in [1.54, 1.807) is 30.3 Å². The molecule has 0 radical (unpaired) electrons. The topological polar surface area (TPSA) is 58.6 Å². The molecule has 7 heteroatoms. The maximum absolute atomic E-state index is 12.8. The summed E-state index contributed by atoms with van der Waals surface area (Å²) in [5.41, 5.74) is 4.89. The second kappa shape index (κ2) is 8.85. The first kappa shape index (κ1) is 20.4. The van der Waals surface area contributed by atoms with Gasteiger partial charge in [0.2, 0.25) is 0 Å². The molecule has 1 saturated heterocycles. The summed E-state index contributed by atoms with van der Waals surface area (Å²) < 4.78 is 7.78. The van der Waals surface area contributed by atoms with E-state index in [1.807, 2.05) is 48.5 Å². The van der Waals surface area contributed by atoms with Crippen LogP contribution in [-0.2, 0) is 16.2 Å². The van der Waals surface area contributed by atoms with E-state index in [9.17, 15) is 9.59 Å². The summed E-state index contributed by atoms with van der Waals surface area (Å²) in [7, 11) is 0. The highest BCUT2D eigenvalue weighted by molar-refractivity contribution is 9.10. The quantitative estimate of drug-likeness (QED) is 0.364. The van der Waals surface area contributed by atoms with Crippen LogP contribution in [0.15, 0.2) is 87.3 Å². The van der Waals surface area contributed by atoms with Gasteiger partial charge in [-0.15, -0.1) is 0 Å². The lowest BCUT2D eigenvalue weighted by Crippen LogP contribution is -2.35. The van der Waals surface area contributed by atoms with Crippen LogP contribution >= 0.6 is 31.9 Å². The van der Waals surface area contributed by atoms with Crippen LogP contribution in [0.5, 0.6) is 5.75 Å². The molecule has 2 amide bonds. The zero-order valence-electron chi connectivity index (χ0n) is 15.6. The highest BCUT2D eigenvalue weighted by atomic mass is 79.9.